The van der Waals surface area contributed by atoms with Crippen molar-refractivity contribution in [2.24, 2.45) is 17.8 Å². The molecule has 1 saturated heterocycles. The number of hydrogen-bond donors (Lipinski definition) is 6. The molecule has 1 heterocycles. The van der Waals surface area contributed by atoms with Crippen LogP contribution in [0.2, 0.25) is 0 Å². The second kappa shape index (κ2) is 33.1. The van der Waals surface area contributed by atoms with Crippen molar-refractivity contribution < 1.29 is 44.9 Å². The largest absolute Gasteiger partial charge is 0.394 e. The van der Waals surface area contributed by atoms with Crippen LogP contribution in [0.25, 0.3) is 0 Å². The highest BCUT2D eigenvalue weighted by atomic mass is 16.7. The normalized spacial score (nSPS) is 22.9. The molecule has 0 amide bonds. The van der Waals surface area contributed by atoms with Gasteiger partial charge in [0, 0.05) is 0 Å². The van der Waals surface area contributed by atoms with Crippen LogP contribution in [0.4, 0.5) is 0 Å². The highest BCUT2D eigenvalue weighted by Crippen LogP contribution is 2.24. The predicted molar refractivity (Wildman–Crippen MR) is 219 cm³/mol. The summed E-state index contributed by atoms with van der Waals surface area (Å²) in [7, 11) is 0. The Balaban J connectivity index is 2.40. The lowest BCUT2D eigenvalue weighted by atomic mass is 9.91. The Morgan fingerprint density at radius 2 is 1.11 bits per heavy atom. The lowest BCUT2D eigenvalue weighted by molar-refractivity contribution is -0.303. The predicted octanol–water partition coefficient (Wildman–Crippen LogP) is 8.72. The van der Waals surface area contributed by atoms with Gasteiger partial charge in [0.05, 0.1) is 25.2 Å². The number of carbonyl (C=O) groups is 1. The third-order valence-electron chi connectivity index (χ3n) is 11.5. The van der Waals surface area contributed by atoms with Gasteiger partial charge in [-0.3, -0.25) is 4.79 Å². The quantitative estimate of drug-likeness (QED) is 0.0271. The van der Waals surface area contributed by atoms with Crippen LogP contribution in [0.15, 0.2) is 12.2 Å². The summed E-state index contributed by atoms with van der Waals surface area (Å²) in [6.07, 6.45) is 24.2. The minimum atomic E-state index is -1.62. The second-order valence-electron chi connectivity index (χ2n) is 17.0. The van der Waals surface area contributed by atoms with E-state index in [9.17, 15) is 35.4 Å². The average Bonchev–Trinajstić information content (AvgIpc) is 3.16. The summed E-state index contributed by atoms with van der Waals surface area (Å²) < 4.78 is 11.1. The van der Waals surface area contributed by atoms with Crippen LogP contribution in [0.5, 0.6) is 0 Å². The summed E-state index contributed by atoms with van der Waals surface area (Å²) in [5, 5.41) is 62.1. The minimum Gasteiger partial charge on any atom is -0.394 e. The van der Waals surface area contributed by atoms with Crippen LogP contribution in [0.3, 0.4) is 0 Å². The number of ether oxygens (including phenoxy) is 2. The Bertz CT molecular complexity index is 896. The molecule has 0 saturated carbocycles. The molecule has 1 fully saturated rings. The molecule has 0 aromatic carbocycles. The van der Waals surface area contributed by atoms with Gasteiger partial charge in [-0.1, -0.05) is 188 Å². The van der Waals surface area contributed by atoms with Crippen molar-refractivity contribution in [2.75, 3.05) is 13.2 Å². The lowest BCUT2D eigenvalue weighted by Crippen LogP contribution is -2.59. The zero-order chi connectivity index (χ0) is 40.0. The summed E-state index contributed by atoms with van der Waals surface area (Å²) in [6, 6.07) is 0. The van der Waals surface area contributed by atoms with Crippen LogP contribution in [-0.2, 0) is 14.3 Å². The van der Waals surface area contributed by atoms with Gasteiger partial charge in [-0.2, -0.15) is 0 Å². The number of Topliss-reactive ketones (excluding diaryl/α,β-unsaturated/α-hetero) is 1. The van der Waals surface area contributed by atoms with Crippen molar-refractivity contribution in [2.45, 2.75) is 238 Å². The van der Waals surface area contributed by atoms with Crippen molar-refractivity contribution >= 4 is 5.78 Å². The molecule has 54 heavy (non-hydrogen) atoms. The highest BCUT2D eigenvalue weighted by Gasteiger charge is 2.44. The number of allylic oxidation sites excluding steroid dienone is 1. The van der Waals surface area contributed by atoms with Crippen LogP contribution < -0.4 is 0 Å². The lowest BCUT2D eigenvalue weighted by Gasteiger charge is -2.40. The molecular formula is C45H86O9. The van der Waals surface area contributed by atoms with Gasteiger partial charge in [-0.05, 0) is 31.1 Å². The SMILES string of the molecule is CCC(C)CCCCCCCCCCCCCCCCC[C@@H](O)C(=O)[C@@H](CO[C@@H]1O[C@H](CO)[C@H](O)[C@H](O)[C@H]1O)[C@H](O)/C=C/CCCCCCCCC(C)C. The molecular weight excluding hydrogens is 684 g/mol. The van der Waals surface area contributed by atoms with Gasteiger partial charge in [0.1, 0.15) is 30.5 Å². The molecule has 0 aromatic heterocycles. The van der Waals surface area contributed by atoms with E-state index in [0.717, 1.165) is 50.4 Å². The van der Waals surface area contributed by atoms with E-state index in [4.69, 9.17) is 9.47 Å². The summed E-state index contributed by atoms with van der Waals surface area (Å²) in [6.45, 7) is 8.17. The van der Waals surface area contributed by atoms with Crippen molar-refractivity contribution in [3.8, 4) is 0 Å². The first-order chi connectivity index (χ1) is 26.0. The number of unbranched alkanes of at least 4 members (excludes halogenated alkanes) is 20. The second-order valence-corrected chi connectivity index (χ2v) is 17.0. The Hall–Kier alpha value is -0.910. The first kappa shape index (κ1) is 51.1. The molecule has 0 aliphatic carbocycles. The molecule has 9 heteroatoms. The van der Waals surface area contributed by atoms with Gasteiger partial charge in [-0.15, -0.1) is 0 Å². The molecule has 1 aliphatic heterocycles. The van der Waals surface area contributed by atoms with E-state index in [1.807, 2.05) is 6.08 Å². The zero-order valence-electron chi connectivity index (χ0n) is 35.1. The van der Waals surface area contributed by atoms with Crippen molar-refractivity contribution in [1.82, 2.24) is 0 Å². The number of rotatable bonds is 36. The van der Waals surface area contributed by atoms with E-state index in [1.165, 1.54) is 116 Å². The molecule has 0 aromatic rings. The molecule has 9 atom stereocenters. The van der Waals surface area contributed by atoms with E-state index in [-0.39, 0.29) is 6.61 Å². The van der Waals surface area contributed by atoms with E-state index in [1.54, 1.807) is 6.08 Å². The summed E-state index contributed by atoms with van der Waals surface area (Å²) in [5.41, 5.74) is 0. The number of ketones is 1. The number of aliphatic hydroxyl groups is 6. The molecule has 0 radical (unpaired) electrons. The van der Waals surface area contributed by atoms with Crippen molar-refractivity contribution in [1.29, 1.82) is 0 Å². The van der Waals surface area contributed by atoms with Gasteiger partial charge in [0.2, 0.25) is 0 Å². The van der Waals surface area contributed by atoms with E-state index < -0.39 is 61.2 Å². The highest BCUT2D eigenvalue weighted by molar-refractivity contribution is 5.86. The van der Waals surface area contributed by atoms with Crippen LogP contribution in [0.1, 0.15) is 195 Å². The first-order valence-electron chi connectivity index (χ1n) is 22.5. The molecule has 1 aliphatic rings. The third kappa shape index (κ3) is 24.0. The molecule has 6 N–H and O–H groups in total. The van der Waals surface area contributed by atoms with Gasteiger partial charge in [0.15, 0.2) is 12.1 Å². The monoisotopic (exact) mass is 771 g/mol. The summed E-state index contributed by atoms with van der Waals surface area (Å²) >= 11 is 0. The Morgan fingerprint density at radius 3 is 1.59 bits per heavy atom. The standard InChI is InChI=1S/C45H86O9/c1-5-36(4)30-26-22-18-13-11-9-7-6-8-10-12-14-20-24-28-32-39(48)41(49)37(34-53-45-44(52)43(51)42(50)40(33-46)54-45)38(47)31-27-23-19-16-15-17-21-25-29-35(2)3/h27,31,35-40,42-48,50-52H,5-26,28-30,32-34H2,1-4H3/b31-27+/t36?,37-,38+,39+,40+,42-,43-,44+,45+/m0/s1. The van der Waals surface area contributed by atoms with E-state index >= 15 is 0 Å². The van der Waals surface area contributed by atoms with Gasteiger partial charge >= 0.3 is 0 Å². The fourth-order valence-corrected chi connectivity index (χ4v) is 7.37. The first-order valence-corrected chi connectivity index (χ1v) is 22.5. The molecule has 320 valence electrons. The van der Waals surface area contributed by atoms with Crippen LogP contribution in [0, 0.1) is 17.8 Å². The molecule has 1 rings (SSSR count). The van der Waals surface area contributed by atoms with Crippen LogP contribution in [-0.4, -0.2) is 92.5 Å². The zero-order valence-corrected chi connectivity index (χ0v) is 35.1. The summed E-state index contributed by atoms with van der Waals surface area (Å²) in [4.78, 5) is 13.4. The Labute approximate surface area is 330 Å². The van der Waals surface area contributed by atoms with Gasteiger partial charge < -0.3 is 40.1 Å². The van der Waals surface area contributed by atoms with E-state index in [0.29, 0.717) is 12.8 Å². The van der Waals surface area contributed by atoms with Crippen molar-refractivity contribution in [3.63, 3.8) is 0 Å². The minimum absolute atomic E-state index is 0.293. The Morgan fingerprint density at radius 1 is 0.648 bits per heavy atom. The fraction of sp³-hybridized carbons (Fsp3) is 0.933. The molecule has 1 unspecified atom stereocenters. The maximum atomic E-state index is 13.4. The average molecular weight is 771 g/mol. The van der Waals surface area contributed by atoms with Gasteiger partial charge in [0.25, 0.3) is 0 Å². The summed E-state index contributed by atoms with van der Waals surface area (Å²) in [5.74, 6) is -0.0343. The number of hydrogen-bond acceptors (Lipinski definition) is 9. The van der Waals surface area contributed by atoms with Gasteiger partial charge in [-0.25, -0.2) is 0 Å². The van der Waals surface area contributed by atoms with Crippen molar-refractivity contribution in [3.05, 3.63) is 12.2 Å². The molecule has 0 spiro atoms. The Kier molecular flexibility index (Phi) is 31.3. The smallest absolute Gasteiger partial charge is 0.186 e. The maximum Gasteiger partial charge on any atom is 0.186 e. The number of carbonyl (C=O) groups excluding carboxylic acids is 1. The number of aliphatic hydroxyl groups excluding tert-OH is 6. The molecule has 0 bridgehead atoms. The van der Waals surface area contributed by atoms with E-state index in [2.05, 4.69) is 27.7 Å². The van der Waals surface area contributed by atoms with Crippen LogP contribution >= 0.6 is 0 Å². The fourth-order valence-electron chi connectivity index (χ4n) is 7.37. The third-order valence-corrected chi connectivity index (χ3v) is 11.5. The topological polar surface area (TPSA) is 157 Å². The molecule has 9 nitrogen and oxygen atoms in total. The maximum absolute atomic E-state index is 13.4.